The van der Waals surface area contributed by atoms with Crippen LogP contribution in [0.4, 0.5) is 9.59 Å². The lowest BCUT2D eigenvalue weighted by atomic mass is 9.82. The molecule has 0 bridgehead atoms. The highest BCUT2D eigenvalue weighted by atomic mass is 16.5. The first-order chi connectivity index (χ1) is 10.7. The Bertz CT molecular complexity index is 513. The molecular formula is C16H24N2O5. The van der Waals surface area contributed by atoms with Crippen LogP contribution in [-0.2, 0) is 11.3 Å². The van der Waals surface area contributed by atoms with Gasteiger partial charge in [-0.2, -0.15) is 0 Å². The molecule has 0 aliphatic carbocycles. The quantitative estimate of drug-likeness (QED) is 0.640. The van der Waals surface area contributed by atoms with Crippen molar-refractivity contribution in [2.24, 2.45) is 5.41 Å². The van der Waals surface area contributed by atoms with Gasteiger partial charge in [-0.05, 0) is 11.0 Å². The molecule has 23 heavy (non-hydrogen) atoms. The lowest BCUT2D eigenvalue weighted by Crippen LogP contribution is -2.58. The summed E-state index contributed by atoms with van der Waals surface area (Å²) in [5.41, 5.74) is 0.360. The Hall–Kier alpha value is -2.28. The summed E-state index contributed by atoms with van der Waals surface area (Å²) >= 11 is 0. The van der Waals surface area contributed by atoms with E-state index in [0.717, 1.165) is 5.56 Å². The first kappa shape index (κ1) is 18.8. The molecular weight excluding hydrogens is 300 g/mol. The second-order valence-corrected chi connectivity index (χ2v) is 6.29. The molecule has 128 valence electrons. The maximum Gasteiger partial charge on any atom is 0.407 e. The van der Waals surface area contributed by atoms with E-state index in [4.69, 9.17) is 9.84 Å². The van der Waals surface area contributed by atoms with Crippen molar-refractivity contribution in [1.82, 2.24) is 10.6 Å². The fourth-order valence-corrected chi connectivity index (χ4v) is 2.21. The fourth-order valence-electron chi connectivity index (χ4n) is 2.21. The number of hydrogen-bond acceptors (Lipinski definition) is 4. The van der Waals surface area contributed by atoms with Crippen LogP contribution in [0.1, 0.15) is 26.3 Å². The minimum Gasteiger partial charge on any atom is -0.465 e. The van der Waals surface area contributed by atoms with Gasteiger partial charge in [-0.3, -0.25) is 0 Å². The molecule has 0 fully saturated rings. The van der Waals surface area contributed by atoms with Crippen molar-refractivity contribution in [3.8, 4) is 0 Å². The molecule has 1 aromatic rings. The molecule has 7 heteroatoms. The van der Waals surface area contributed by atoms with Gasteiger partial charge in [0.25, 0.3) is 0 Å². The summed E-state index contributed by atoms with van der Waals surface area (Å²) in [4.78, 5) is 22.8. The molecule has 2 atom stereocenters. The zero-order valence-corrected chi connectivity index (χ0v) is 13.6. The van der Waals surface area contributed by atoms with E-state index in [0.29, 0.717) is 0 Å². The van der Waals surface area contributed by atoms with Gasteiger partial charge >= 0.3 is 12.2 Å². The van der Waals surface area contributed by atoms with Crippen LogP contribution in [0.5, 0.6) is 0 Å². The van der Waals surface area contributed by atoms with E-state index in [-0.39, 0.29) is 6.61 Å². The highest BCUT2D eigenvalue weighted by molar-refractivity contribution is 5.68. The monoisotopic (exact) mass is 324 g/mol. The normalized spacial score (nSPS) is 13.7. The number of amides is 2. The second kappa shape index (κ2) is 8.38. The van der Waals surface area contributed by atoms with Crippen LogP contribution in [0, 0.1) is 5.41 Å². The molecule has 1 rings (SSSR count). The molecule has 4 N–H and O–H groups in total. The van der Waals surface area contributed by atoms with E-state index in [1.807, 2.05) is 51.1 Å². The topological polar surface area (TPSA) is 108 Å². The number of benzene rings is 1. The number of alkyl carbamates (subject to hydrolysis) is 1. The maximum absolute atomic E-state index is 12.0. The SMILES string of the molecule is CC(C)(C)C(NC(=O)OCc1ccccc1)[C@@H](CO)NC(=O)O. The highest BCUT2D eigenvalue weighted by Gasteiger charge is 2.34. The van der Waals surface area contributed by atoms with Crippen LogP contribution in [0.25, 0.3) is 0 Å². The van der Waals surface area contributed by atoms with Crippen LogP contribution < -0.4 is 10.6 Å². The third kappa shape index (κ3) is 6.56. The molecule has 0 spiro atoms. The molecule has 0 aromatic heterocycles. The molecule has 0 saturated carbocycles. The van der Waals surface area contributed by atoms with Gasteiger partial charge in [-0.25, -0.2) is 9.59 Å². The van der Waals surface area contributed by atoms with Crippen LogP contribution in [0.15, 0.2) is 30.3 Å². The molecule has 1 unspecified atom stereocenters. The van der Waals surface area contributed by atoms with E-state index in [2.05, 4.69) is 10.6 Å². The van der Waals surface area contributed by atoms with E-state index < -0.39 is 36.3 Å². The standard InChI is InChI=1S/C16H24N2O5/c1-16(2,3)13(12(9-19)17-14(20)21)18-15(22)23-10-11-7-5-4-6-8-11/h4-8,12-13,17,19H,9-10H2,1-3H3,(H,18,22)(H,20,21)/t12-,13?/m1/s1. The molecule has 0 radical (unpaired) electrons. The Kier molecular flexibility index (Phi) is 6.84. The van der Waals surface area contributed by atoms with Gasteiger partial charge < -0.3 is 25.6 Å². The van der Waals surface area contributed by atoms with Crippen molar-refractivity contribution in [2.75, 3.05) is 6.61 Å². The van der Waals surface area contributed by atoms with Crippen molar-refractivity contribution in [3.63, 3.8) is 0 Å². The number of nitrogens with one attached hydrogen (secondary N) is 2. The Morgan fingerprint density at radius 2 is 1.78 bits per heavy atom. The smallest absolute Gasteiger partial charge is 0.407 e. The van der Waals surface area contributed by atoms with E-state index >= 15 is 0 Å². The number of carbonyl (C=O) groups excluding carboxylic acids is 1. The minimum absolute atomic E-state index is 0.111. The van der Waals surface area contributed by atoms with E-state index in [9.17, 15) is 14.7 Å². The molecule has 0 aliphatic rings. The molecule has 0 heterocycles. The largest absolute Gasteiger partial charge is 0.465 e. The zero-order chi connectivity index (χ0) is 17.5. The van der Waals surface area contributed by atoms with E-state index in [1.165, 1.54) is 0 Å². The summed E-state index contributed by atoms with van der Waals surface area (Å²) in [6.45, 7) is 5.18. The number of carbonyl (C=O) groups is 2. The zero-order valence-electron chi connectivity index (χ0n) is 13.6. The summed E-state index contributed by atoms with van der Waals surface area (Å²) in [5, 5.41) is 23.1. The minimum atomic E-state index is -1.27. The average molecular weight is 324 g/mol. The Balaban J connectivity index is 2.69. The molecule has 1 aromatic carbocycles. The summed E-state index contributed by atoms with van der Waals surface area (Å²) in [7, 11) is 0. The predicted molar refractivity (Wildman–Crippen MR) is 85.0 cm³/mol. The van der Waals surface area contributed by atoms with Gasteiger partial charge in [-0.1, -0.05) is 51.1 Å². The lowest BCUT2D eigenvalue weighted by Gasteiger charge is -2.36. The van der Waals surface area contributed by atoms with Crippen molar-refractivity contribution in [1.29, 1.82) is 0 Å². The maximum atomic E-state index is 12.0. The summed E-state index contributed by atoms with van der Waals surface area (Å²) in [6, 6.07) is 7.74. The van der Waals surface area contributed by atoms with Crippen molar-refractivity contribution < 1.29 is 24.5 Å². The fraction of sp³-hybridized carbons (Fsp3) is 0.500. The third-order valence-corrected chi connectivity index (χ3v) is 3.33. The molecule has 0 saturated heterocycles. The molecule has 0 aliphatic heterocycles. The van der Waals surface area contributed by atoms with Crippen LogP contribution in [0.3, 0.4) is 0 Å². The summed E-state index contributed by atoms with van der Waals surface area (Å²) < 4.78 is 5.15. The Morgan fingerprint density at radius 1 is 1.17 bits per heavy atom. The Morgan fingerprint density at radius 3 is 2.26 bits per heavy atom. The van der Waals surface area contributed by atoms with Gasteiger partial charge in [0.05, 0.1) is 18.7 Å². The number of carboxylic acid groups (broad SMARTS) is 1. The first-order valence-corrected chi connectivity index (χ1v) is 7.31. The van der Waals surface area contributed by atoms with Crippen molar-refractivity contribution in [3.05, 3.63) is 35.9 Å². The number of ether oxygens (including phenoxy) is 1. The predicted octanol–water partition coefficient (Wildman–Crippen LogP) is 1.96. The van der Waals surface area contributed by atoms with Gasteiger partial charge in [0.1, 0.15) is 6.61 Å². The number of hydrogen-bond donors (Lipinski definition) is 4. The average Bonchev–Trinajstić information content (AvgIpc) is 2.48. The molecule has 7 nitrogen and oxygen atoms in total. The van der Waals surface area contributed by atoms with Crippen LogP contribution in [0.2, 0.25) is 0 Å². The van der Waals surface area contributed by atoms with Gasteiger partial charge in [0, 0.05) is 0 Å². The van der Waals surface area contributed by atoms with Gasteiger partial charge in [-0.15, -0.1) is 0 Å². The number of aliphatic hydroxyl groups is 1. The van der Waals surface area contributed by atoms with E-state index in [1.54, 1.807) is 0 Å². The summed E-state index contributed by atoms with van der Waals surface area (Å²) in [6.07, 6.45) is -1.93. The molecule has 2 amide bonds. The van der Waals surface area contributed by atoms with Crippen LogP contribution >= 0.6 is 0 Å². The van der Waals surface area contributed by atoms with Crippen molar-refractivity contribution in [2.45, 2.75) is 39.5 Å². The summed E-state index contributed by atoms with van der Waals surface area (Å²) in [5.74, 6) is 0. The van der Waals surface area contributed by atoms with Crippen molar-refractivity contribution >= 4 is 12.2 Å². The van der Waals surface area contributed by atoms with Gasteiger partial charge in [0.15, 0.2) is 0 Å². The Labute approximate surface area is 135 Å². The van der Waals surface area contributed by atoms with Gasteiger partial charge in [0.2, 0.25) is 0 Å². The van der Waals surface area contributed by atoms with Crippen LogP contribution in [-0.4, -0.2) is 41.1 Å². The highest BCUT2D eigenvalue weighted by Crippen LogP contribution is 2.22. The number of rotatable bonds is 6. The second-order valence-electron chi connectivity index (χ2n) is 6.29. The lowest BCUT2D eigenvalue weighted by molar-refractivity contribution is 0.104. The first-order valence-electron chi connectivity index (χ1n) is 7.31. The third-order valence-electron chi connectivity index (χ3n) is 3.33. The number of aliphatic hydroxyl groups excluding tert-OH is 1.